The van der Waals surface area contributed by atoms with Crippen molar-refractivity contribution in [3.8, 4) is 0 Å². The normalized spacial score (nSPS) is 18.6. The molecule has 2 aromatic carbocycles. The van der Waals surface area contributed by atoms with Crippen molar-refractivity contribution in [3.63, 3.8) is 0 Å². The summed E-state index contributed by atoms with van der Waals surface area (Å²) in [5.41, 5.74) is 0.0376. The topological polar surface area (TPSA) is 84.0 Å². The van der Waals surface area contributed by atoms with Crippen LogP contribution >= 0.6 is 35.0 Å². The summed E-state index contributed by atoms with van der Waals surface area (Å²) in [6, 6.07) is 8.06. The summed E-state index contributed by atoms with van der Waals surface area (Å²) in [6.07, 6.45) is -2.52. The number of piperidine rings is 1. The van der Waals surface area contributed by atoms with Crippen molar-refractivity contribution in [1.82, 2.24) is 9.37 Å². The van der Waals surface area contributed by atoms with Gasteiger partial charge in [-0.2, -0.15) is 13.2 Å². The number of likely N-dealkylation sites (tertiary alicyclic amines) is 1. The standard InChI is InChI=1S/C27H26Cl2F4N2O5S2/c28-17-11-18(29)13-20(12-17)41-19-5-7-34(8-6-19)14-15-9-22(16-1-2-16)24(23(30)10-15)25(36)35(40-26(37)27(31,32)33)42(38,39)21-3-4-21/h9-13,16,19,21H,1-8,14H2. The predicted octanol–water partition coefficient (Wildman–Crippen LogP) is 6.72. The number of halogens is 6. The number of alkyl halides is 3. The number of thioether (sulfide) groups is 1. The first-order valence-corrected chi connectivity index (χ1v) is 16.4. The number of nitrogens with zero attached hydrogens (tertiary/aromatic N) is 2. The van der Waals surface area contributed by atoms with Crippen LogP contribution in [0.5, 0.6) is 0 Å². The molecule has 228 valence electrons. The van der Waals surface area contributed by atoms with Gasteiger partial charge in [0.15, 0.2) is 0 Å². The summed E-state index contributed by atoms with van der Waals surface area (Å²) in [5, 5.41) is 0.258. The maximum Gasteiger partial charge on any atom is 0.493 e. The molecule has 7 nitrogen and oxygen atoms in total. The Balaban J connectivity index is 1.32. The minimum absolute atomic E-state index is 0.0780. The first-order chi connectivity index (χ1) is 19.7. The summed E-state index contributed by atoms with van der Waals surface area (Å²) >= 11 is 13.9. The Kier molecular flexibility index (Phi) is 9.07. The summed E-state index contributed by atoms with van der Waals surface area (Å²) in [6.45, 7) is 1.79. The Labute approximate surface area is 254 Å². The first-order valence-electron chi connectivity index (χ1n) is 13.3. The zero-order chi connectivity index (χ0) is 30.4. The second-order valence-electron chi connectivity index (χ2n) is 10.7. The molecule has 0 radical (unpaired) electrons. The van der Waals surface area contributed by atoms with Crippen molar-refractivity contribution >= 4 is 56.9 Å². The quantitative estimate of drug-likeness (QED) is 0.228. The predicted molar refractivity (Wildman–Crippen MR) is 149 cm³/mol. The third-order valence-electron chi connectivity index (χ3n) is 7.23. The van der Waals surface area contributed by atoms with Crippen molar-refractivity contribution in [2.24, 2.45) is 0 Å². The third kappa shape index (κ3) is 7.35. The fourth-order valence-electron chi connectivity index (χ4n) is 4.88. The Hall–Kier alpha value is -2.06. The summed E-state index contributed by atoms with van der Waals surface area (Å²) in [4.78, 5) is 32.0. The Bertz CT molecular complexity index is 1470. The molecule has 0 bridgehead atoms. The van der Waals surface area contributed by atoms with E-state index in [-0.39, 0.29) is 24.3 Å². The van der Waals surface area contributed by atoms with Crippen molar-refractivity contribution < 1.29 is 40.4 Å². The van der Waals surface area contributed by atoms with Crippen LogP contribution < -0.4 is 0 Å². The molecule has 3 aliphatic rings. The summed E-state index contributed by atoms with van der Waals surface area (Å²) in [5.74, 6) is -5.88. The van der Waals surface area contributed by atoms with E-state index in [1.807, 2.05) is 12.1 Å². The number of hydrogen-bond acceptors (Lipinski definition) is 7. The van der Waals surface area contributed by atoms with E-state index < -0.39 is 49.2 Å². The highest BCUT2D eigenvalue weighted by molar-refractivity contribution is 8.00. The minimum atomic E-state index is -5.56. The lowest BCUT2D eigenvalue weighted by atomic mass is 9.98. The zero-order valence-corrected chi connectivity index (χ0v) is 25.1. The number of carbonyl (C=O) groups is 2. The molecule has 2 saturated carbocycles. The summed E-state index contributed by atoms with van der Waals surface area (Å²) < 4.78 is 79.4. The van der Waals surface area contributed by atoms with Gasteiger partial charge in [-0.25, -0.2) is 17.6 Å². The number of benzene rings is 2. The van der Waals surface area contributed by atoms with E-state index in [1.54, 1.807) is 23.9 Å². The van der Waals surface area contributed by atoms with Crippen LogP contribution in [0.4, 0.5) is 17.6 Å². The molecular formula is C27H26Cl2F4N2O5S2. The molecule has 1 heterocycles. The highest BCUT2D eigenvalue weighted by atomic mass is 35.5. The molecule has 0 aromatic heterocycles. The molecule has 0 spiro atoms. The summed E-state index contributed by atoms with van der Waals surface area (Å²) in [7, 11) is -4.79. The van der Waals surface area contributed by atoms with E-state index in [0.717, 1.165) is 23.8 Å². The maximum absolute atomic E-state index is 15.6. The molecule has 0 atom stereocenters. The molecule has 15 heteroatoms. The second kappa shape index (κ2) is 12.1. The van der Waals surface area contributed by atoms with Crippen molar-refractivity contribution in [1.29, 1.82) is 0 Å². The number of rotatable bonds is 8. The van der Waals surface area contributed by atoms with Crippen LogP contribution in [0.15, 0.2) is 35.2 Å². The molecular weight excluding hydrogens is 643 g/mol. The molecule has 1 aliphatic heterocycles. The first kappa shape index (κ1) is 31.4. The Morgan fingerprint density at radius 3 is 2.14 bits per heavy atom. The molecule has 0 N–H and O–H groups in total. The number of amides is 1. The van der Waals surface area contributed by atoms with Gasteiger partial charge in [-0.15, -0.1) is 11.8 Å². The van der Waals surface area contributed by atoms with Crippen LogP contribution in [-0.4, -0.2) is 59.4 Å². The third-order valence-corrected chi connectivity index (χ3v) is 11.0. The minimum Gasteiger partial charge on any atom is -0.314 e. The molecule has 3 fully saturated rings. The fourth-order valence-corrected chi connectivity index (χ4v) is 8.25. The van der Waals surface area contributed by atoms with Gasteiger partial charge in [0.25, 0.3) is 10.0 Å². The van der Waals surface area contributed by atoms with E-state index >= 15 is 4.39 Å². The molecule has 0 unspecified atom stereocenters. The van der Waals surface area contributed by atoms with Crippen molar-refractivity contribution in [3.05, 3.63) is 62.9 Å². The van der Waals surface area contributed by atoms with Gasteiger partial charge in [0, 0.05) is 26.7 Å². The molecule has 2 aromatic rings. The largest absolute Gasteiger partial charge is 0.493 e. The Morgan fingerprint density at radius 1 is 0.976 bits per heavy atom. The lowest BCUT2D eigenvalue weighted by Crippen LogP contribution is -2.44. The van der Waals surface area contributed by atoms with Gasteiger partial charge in [-0.3, -0.25) is 9.69 Å². The van der Waals surface area contributed by atoms with Crippen LogP contribution in [0.3, 0.4) is 0 Å². The van der Waals surface area contributed by atoms with Gasteiger partial charge < -0.3 is 4.84 Å². The van der Waals surface area contributed by atoms with E-state index in [4.69, 9.17) is 23.2 Å². The number of hydrogen-bond donors (Lipinski definition) is 0. The monoisotopic (exact) mass is 668 g/mol. The van der Waals surface area contributed by atoms with Gasteiger partial charge >= 0.3 is 18.1 Å². The highest BCUT2D eigenvalue weighted by Crippen LogP contribution is 2.44. The molecule has 42 heavy (non-hydrogen) atoms. The van der Waals surface area contributed by atoms with Crippen LogP contribution in [0.1, 0.15) is 65.9 Å². The number of sulfonamides is 1. The molecule has 1 amide bonds. The number of hydroxylamine groups is 1. The Morgan fingerprint density at radius 2 is 1.60 bits per heavy atom. The van der Waals surface area contributed by atoms with E-state index in [9.17, 15) is 31.2 Å². The fraction of sp³-hybridized carbons (Fsp3) is 0.481. The zero-order valence-electron chi connectivity index (χ0n) is 22.0. The van der Waals surface area contributed by atoms with Crippen LogP contribution in [0.2, 0.25) is 10.0 Å². The lowest BCUT2D eigenvalue weighted by Gasteiger charge is -2.32. The van der Waals surface area contributed by atoms with Gasteiger partial charge in [0.05, 0.1) is 10.8 Å². The molecule has 2 aliphatic carbocycles. The highest BCUT2D eigenvalue weighted by Gasteiger charge is 2.50. The van der Waals surface area contributed by atoms with Crippen molar-refractivity contribution in [2.75, 3.05) is 13.1 Å². The van der Waals surface area contributed by atoms with E-state index in [1.165, 1.54) is 0 Å². The van der Waals surface area contributed by atoms with Gasteiger partial charge in [0.1, 0.15) is 5.82 Å². The molecule has 1 saturated heterocycles. The average Bonchev–Trinajstić information content (AvgIpc) is 3.79. The van der Waals surface area contributed by atoms with Crippen LogP contribution in [0, 0.1) is 5.82 Å². The van der Waals surface area contributed by atoms with Crippen LogP contribution in [0.25, 0.3) is 0 Å². The van der Waals surface area contributed by atoms with Crippen LogP contribution in [-0.2, 0) is 26.2 Å². The lowest BCUT2D eigenvalue weighted by molar-refractivity contribution is -0.217. The average molecular weight is 670 g/mol. The van der Waals surface area contributed by atoms with Gasteiger partial charge in [0.2, 0.25) is 0 Å². The van der Waals surface area contributed by atoms with Gasteiger partial charge in [-0.05, 0) is 92.9 Å². The molecule has 5 rings (SSSR count). The second-order valence-corrected chi connectivity index (χ2v) is 14.9. The number of carbonyl (C=O) groups excluding carboxylic acids is 2. The SMILES string of the molecule is O=C(c1c(F)cc(CN2CCC(Sc3cc(Cl)cc(Cl)c3)CC2)cc1C1CC1)N(OC(=O)C(F)(F)F)S(=O)(=O)C1CC1. The smallest absolute Gasteiger partial charge is 0.314 e. The van der Waals surface area contributed by atoms with Gasteiger partial charge in [-0.1, -0.05) is 33.7 Å². The van der Waals surface area contributed by atoms with E-state index in [0.29, 0.717) is 53.3 Å². The van der Waals surface area contributed by atoms with Crippen molar-refractivity contribution in [2.45, 2.75) is 72.6 Å². The maximum atomic E-state index is 15.6. The van der Waals surface area contributed by atoms with E-state index in [2.05, 4.69) is 9.74 Å².